The molecular weight excluding hydrogens is 907 g/mol. The van der Waals surface area contributed by atoms with Crippen LogP contribution >= 0.6 is 7.82 Å². The molecule has 13 unspecified atom stereocenters. The highest BCUT2D eigenvalue weighted by molar-refractivity contribution is 7.47. The Kier molecular flexibility index (Phi) is 33.8. The number of unbranched alkanes of at least 4 members (excludes halogenated alkanes) is 20. The van der Waals surface area contributed by atoms with E-state index in [9.17, 15) is 59.9 Å². The molecule has 1 saturated heterocycles. The zero-order valence-corrected chi connectivity index (χ0v) is 41.8. The van der Waals surface area contributed by atoms with Gasteiger partial charge in [-0.25, -0.2) is 4.57 Å². The number of aliphatic hydroxyl groups excluding tert-OH is 8. The minimum absolute atomic E-state index is 0.0102. The van der Waals surface area contributed by atoms with Gasteiger partial charge >= 0.3 is 19.8 Å². The Hall–Kier alpha value is -1.87. The van der Waals surface area contributed by atoms with Crippen molar-refractivity contribution >= 4 is 19.8 Å². The molecule has 2 rings (SSSR count). The van der Waals surface area contributed by atoms with Crippen molar-refractivity contribution in [3.05, 3.63) is 24.3 Å². The topological polar surface area (TPSA) is 289 Å². The highest BCUT2D eigenvalue weighted by Crippen LogP contribution is 2.48. The number of allylic oxidation sites excluding steroid dienone is 4. The first-order chi connectivity index (χ1) is 32.7. The molecule has 9 N–H and O–H groups in total. The smallest absolute Gasteiger partial charge is 0.462 e. The molecule has 1 aliphatic heterocycles. The summed E-state index contributed by atoms with van der Waals surface area (Å²) in [6.07, 6.45) is 11.2. The fourth-order valence-electron chi connectivity index (χ4n) is 8.10. The van der Waals surface area contributed by atoms with Gasteiger partial charge in [-0.1, -0.05) is 128 Å². The van der Waals surface area contributed by atoms with Crippen LogP contribution in [0.15, 0.2) is 24.3 Å². The molecule has 1 aliphatic carbocycles. The Morgan fingerprint density at radius 1 is 0.544 bits per heavy atom. The summed E-state index contributed by atoms with van der Waals surface area (Å²) in [5.74, 6) is -1.25. The van der Waals surface area contributed by atoms with E-state index in [1.165, 1.54) is 89.9 Å². The third kappa shape index (κ3) is 25.5. The van der Waals surface area contributed by atoms with E-state index in [4.69, 9.17) is 28.0 Å². The maximum absolute atomic E-state index is 13.4. The highest BCUT2D eigenvalue weighted by atomic mass is 31.2. The second kappa shape index (κ2) is 37.0. The number of esters is 2. The Balaban J connectivity index is 1.96. The van der Waals surface area contributed by atoms with Gasteiger partial charge in [0.1, 0.15) is 67.6 Å². The van der Waals surface area contributed by atoms with Crippen LogP contribution in [0.3, 0.4) is 0 Å². The molecule has 0 aromatic heterocycles. The van der Waals surface area contributed by atoms with Crippen LogP contribution in [-0.4, -0.2) is 151 Å². The van der Waals surface area contributed by atoms with Crippen LogP contribution in [0, 0.1) is 0 Å². The molecule has 0 radical (unpaired) electrons. The van der Waals surface area contributed by atoms with Crippen molar-refractivity contribution in [2.24, 2.45) is 0 Å². The van der Waals surface area contributed by atoms with Gasteiger partial charge in [-0.3, -0.25) is 18.6 Å². The van der Waals surface area contributed by atoms with Crippen LogP contribution in [0.4, 0.5) is 0 Å². The summed E-state index contributed by atoms with van der Waals surface area (Å²) in [5.41, 5.74) is 0. The molecule has 1 heterocycles. The molecule has 0 bridgehead atoms. The minimum Gasteiger partial charge on any atom is -0.462 e. The number of phosphoric acid groups is 1. The fraction of sp³-hybridized carbons (Fsp3) is 0.878. The molecule has 2 aliphatic rings. The predicted octanol–water partition coefficient (Wildman–Crippen LogP) is 5.88. The molecule has 0 aromatic carbocycles. The van der Waals surface area contributed by atoms with Gasteiger partial charge in [0.15, 0.2) is 12.4 Å². The molecule has 398 valence electrons. The van der Waals surface area contributed by atoms with E-state index in [-0.39, 0.29) is 12.8 Å². The van der Waals surface area contributed by atoms with Crippen molar-refractivity contribution in [1.82, 2.24) is 0 Å². The molecule has 18 nitrogen and oxygen atoms in total. The van der Waals surface area contributed by atoms with Gasteiger partial charge < -0.3 is 64.7 Å². The number of ether oxygens (including phenoxy) is 4. The average molecular weight is 997 g/mol. The molecule has 19 heteroatoms. The predicted molar refractivity (Wildman–Crippen MR) is 254 cm³/mol. The number of aliphatic hydroxyl groups is 8. The molecular formula is C49H89O18P. The lowest BCUT2D eigenvalue weighted by Crippen LogP contribution is -2.67. The summed E-state index contributed by atoms with van der Waals surface area (Å²) >= 11 is 0. The first kappa shape index (κ1) is 62.2. The number of phosphoric ester groups is 1. The van der Waals surface area contributed by atoms with E-state index < -0.39 is 113 Å². The summed E-state index contributed by atoms with van der Waals surface area (Å²) in [4.78, 5) is 36.5. The van der Waals surface area contributed by atoms with Gasteiger partial charge in [-0.15, -0.1) is 0 Å². The lowest BCUT2D eigenvalue weighted by atomic mass is 9.84. The largest absolute Gasteiger partial charge is 0.472 e. The maximum Gasteiger partial charge on any atom is 0.472 e. The number of hydrogen-bond acceptors (Lipinski definition) is 17. The number of carbonyl (C=O) groups excluding carboxylic acids is 2. The van der Waals surface area contributed by atoms with Gasteiger partial charge in [0.25, 0.3) is 0 Å². The van der Waals surface area contributed by atoms with Gasteiger partial charge in [0, 0.05) is 12.8 Å². The van der Waals surface area contributed by atoms with Crippen molar-refractivity contribution in [1.29, 1.82) is 0 Å². The summed E-state index contributed by atoms with van der Waals surface area (Å²) in [6.45, 7) is 2.19. The van der Waals surface area contributed by atoms with Gasteiger partial charge in [0.05, 0.1) is 13.2 Å². The first-order valence-corrected chi connectivity index (χ1v) is 27.2. The maximum atomic E-state index is 13.4. The number of carbonyl (C=O) groups is 2. The van der Waals surface area contributed by atoms with E-state index in [2.05, 4.69) is 38.2 Å². The summed E-state index contributed by atoms with van der Waals surface area (Å²) < 4.78 is 45.4. The summed E-state index contributed by atoms with van der Waals surface area (Å²) in [6, 6.07) is 0. The Labute approximate surface area is 405 Å². The molecule has 0 spiro atoms. The minimum atomic E-state index is -5.38. The third-order valence-corrected chi connectivity index (χ3v) is 13.4. The zero-order chi connectivity index (χ0) is 50.2. The van der Waals surface area contributed by atoms with Gasteiger partial charge in [-0.2, -0.15) is 0 Å². The number of hydrogen-bond donors (Lipinski definition) is 9. The van der Waals surface area contributed by atoms with E-state index in [0.29, 0.717) is 12.8 Å². The van der Waals surface area contributed by atoms with Crippen LogP contribution in [0.5, 0.6) is 0 Å². The molecule has 0 aromatic rings. The third-order valence-electron chi connectivity index (χ3n) is 12.4. The molecule has 1 saturated carbocycles. The summed E-state index contributed by atoms with van der Waals surface area (Å²) in [7, 11) is -5.38. The molecule has 68 heavy (non-hydrogen) atoms. The SMILES string of the molecule is CCCCCCCCCC=CCCCCCC(=O)OCC(COP(=O)(O)OC1C(O)C(O)C(O)C(O)C1OC1OC(CO)C(O)C(O)C1O)OC(=O)CCCCCC=CCCCCCCCCC. The first-order valence-electron chi connectivity index (χ1n) is 25.7. The van der Waals surface area contributed by atoms with Crippen molar-refractivity contribution < 1.29 is 87.9 Å². The van der Waals surface area contributed by atoms with Crippen molar-refractivity contribution in [2.75, 3.05) is 19.8 Å². The zero-order valence-electron chi connectivity index (χ0n) is 40.9. The van der Waals surface area contributed by atoms with E-state index in [1.54, 1.807) is 0 Å². The quantitative estimate of drug-likeness (QED) is 0.0150. The lowest BCUT2D eigenvalue weighted by molar-refractivity contribution is -0.338. The van der Waals surface area contributed by atoms with Crippen LogP contribution in [-0.2, 0) is 42.1 Å². The van der Waals surface area contributed by atoms with E-state index >= 15 is 0 Å². The van der Waals surface area contributed by atoms with Crippen LogP contribution in [0.2, 0.25) is 0 Å². The monoisotopic (exact) mass is 997 g/mol. The Morgan fingerprint density at radius 3 is 1.46 bits per heavy atom. The molecule has 0 amide bonds. The second-order valence-electron chi connectivity index (χ2n) is 18.4. The van der Waals surface area contributed by atoms with Crippen molar-refractivity contribution in [3.63, 3.8) is 0 Å². The van der Waals surface area contributed by atoms with Crippen LogP contribution in [0.1, 0.15) is 181 Å². The number of rotatable bonds is 39. The Morgan fingerprint density at radius 2 is 0.971 bits per heavy atom. The van der Waals surface area contributed by atoms with E-state index in [1.807, 2.05) is 0 Å². The van der Waals surface area contributed by atoms with Gasteiger partial charge in [-0.05, 0) is 64.2 Å². The van der Waals surface area contributed by atoms with Crippen molar-refractivity contribution in [2.45, 2.75) is 254 Å². The molecule has 13 atom stereocenters. The van der Waals surface area contributed by atoms with Crippen molar-refractivity contribution in [3.8, 4) is 0 Å². The fourth-order valence-corrected chi connectivity index (χ4v) is 9.07. The van der Waals surface area contributed by atoms with Gasteiger partial charge in [0.2, 0.25) is 0 Å². The summed E-state index contributed by atoms with van der Waals surface area (Å²) in [5, 5.41) is 82.9. The lowest BCUT2D eigenvalue weighted by Gasteiger charge is -2.47. The van der Waals surface area contributed by atoms with Crippen LogP contribution in [0.25, 0.3) is 0 Å². The van der Waals surface area contributed by atoms with Crippen LogP contribution < -0.4 is 0 Å². The molecule has 2 fully saturated rings. The normalized spacial score (nSPS) is 28.0. The second-order valence-corrected chi connectivity index (χ2v) is 19.8. The Bertz CT molecular complexity index is 1420. The highest BCUT2D eigenvalue weighted by Gasteiger charge is 2.55. The average Bonchev–Trinajstić information content (AvgIpc) is 3.32. The standard InChI is InChI=1S/C49H89O18P/c1-3-5-7-9-11-13-15-17-19-21-23-25-27-29-31-38(51)62-34-36(64-39(52)32-30-28-26-24-22-20-18-16-14-12-10-8-6-4-2)35-63-68(60,61)67-48-45(58)43(56)42(55)44(57)47(48)66-49-46(59)41(54)40(53)37(33-50)65-49/h19-22,36-37,40-50,53-59H,3-18,23-35H2,1-2H3,(H,60,61). The van der Waals surface area contributed by atoms with E-state index in [0.717, 1.165) is 51.4 Å².